The average Bonchev–Trinajstić information content (AvgIpc) is 2.33. The van der Waals surface area contributed by atoms with Gasteiger partial charge >= 0.3 is 0 Å². The average molecular weight is 503 g/mol. The van der Waals surface area contributed by atoms with E-state index in [1.165, 1.54) is 0 Å². The Labute approximate surface area is 161 Å². The van der Waals surface area contributed by atoms with Gasteiger partial charge in [-0.15, -0.1) is 17.0 Å². The minimum atomic E-state index is 0. The molecule has 0 saturated heterocycles. The molecule has 0 fully saturated rings. The first-order chi connectivity index (χ1) is 8.40. The van der Waals surface area contributed by atoms with Crippen molar-refractivity contribution in [3.05, 3.63) is 0 Å². The van der Waals surface area contributed by atoms with E-state index in [9.17, 15) is 0 Å². The Morgan fingerprint density at radius 2 is 1.05 bits per heavy atom. The van der Waals surface area contributed by atoms with Crippen LogP contribution in [0, 0.1) is 11.8 Å². The summed E-state index contributed by atoms with van der Waals surface area (Å²) in [5, 5.41) is 2.16. The van der Waals surface area contributed by atoms with E-state index in [2.05, 4.69) is 55.8 Å². The summed E-state index contributed by atoms with van der Waals surface area (Å²) in [6.45, 7) is 3.52. The quantitative estimate of drug-likeness (QED) is 0.501. The second-order valence-corrected chi connectivity index (χ2v) is 6.33. The summed E-state index contributed by atoms with van der Waals surface area (Å²) in [7, 11) is 8.24. The molecule has 7 heteroatoms. The molecule has 0 saturated carbocycles. The summed E-state index contributed by atoms with van der Waals surface area (Å²) >= 11 is 6.90. The smallest absolute Gasteiger partial charge is 0.00798 e. The van der Waals surface area contributed by atoms with Gasteiger partial charge in [0.05, 0.1) is 0 Å². The van der Waals surface area contributed by atoms with E-state index in [1.54, 1.807) is 0 Å². The van der Waals surface area contributed by atoms with Gasteiger partial charge in [0.25, 0.3) is 0 Å². The molecular formula is C14H39Br3N4. The SMILES string of the molecule is Br.C.C.CN(C)CC(CBr)CBr.CN(C)CC(CN)CN. The van der Waals surface area contributed by atoms with Crippen LogP contribution >= 0.6 is 48.8 Å². The Morgan fingerprint density at radius 3 is 1.14 bits per heavy atom. The van der Waals surface area contributed by atoms with Crippen molar-refractivity contribution in [3.63, 3.8) is 0 Å². The molecule has 4 N–H and O–H groups in total. The van der Waals surface area contributed by atoms with Crippen molar-refractivity contribution in [1.29, 1.82) is 0 Å². The molecule has 0 aromatic heterocycles. The molecule has 0 unspecified atom stereocenters. The van der Waals surface area contributed by atoms with Gasteiger partial charge in [-0.05, 0) is 53.1 Å². The highest BCUT2D eigenvalue weighted by Crippen LogP contribution is 2.05. The fourth-order valence-corrected chi connectivity index (χ4v) is 2.90. The highest BCUT2D eigenvalue weighted by molar-refractivity contribution is 9.09. The standard InChI is InChI=1S/C6H13Br2N.C6H17N3.2CH4.BrH/c2*1-9(2)5-6(3-7)4-8;;;/h6H,3-5H2,1-2H3;6H,3-5,7-8H2,1-2H3;2*1H4;1H. The van der Waals surface area contributed by atoms with Gasteiger partial charge in [0.2, 0.25) is 0 Å². The van der Waals surface area contributed by atoms with Crippen LogP contribution in [0.2, 0.25) is 0 Å². The summed E-state index contributed by atoms with van der Waals surface area (Å²) in [5.41, 5.74) is 10.8. The molecule has 136 valence electrons. The van der Waals surface area contributed by atoms with Crippen molar-refractivity contribution >= 4 is 48.8 Å². The van der Waals surface area contributed by atoms with E-state index in [4.69, 9.17) is 11.5 Å². The van der Waals surface area contributed by atoms with Crippen LogP contribution in [-0.4, -0.2) is 74.8 Å². The molecule has 0 rings (SSSR count). The van der Waals surface area contributed by atoms with Crippen LogP contribution in [0.1, 0.15) is 14.9 Å². The summed E-state index contributed by atoms with van der Waals surface area (Å²) in [4.78, 5) is 4.30. The second kappa shape index (κ2) is 23.5. The molecule has 0 amide bonds. The van der Waals surface area contributed by atoms with E-state index in [1.807, 2.05) is 14.1 Å². The lowest BCUT2D eigenvalue weighted by Gasteiger charge is -2.16. The monoisotopic (exact) mass is 500 g/mol. The maximum Gasteiger partial charge on any atom is 0.00798 e. The van der Waals surface area contributed by atoms with E-state index < -0.39 is 0 Å². The first-order valence-corrected chi connectivity index (χ1v) is 8.46. The molecule has 0 aliphatic carbocycles. The first-order valence-electron chi connectivity index (χ1n) is 6.22. The molecule has 0 aliphatic heterocycles. The van der Waals surface area contributed by atoms with Crippen molar-refractivity contribution in [2.45, 2.75) is 14.9 Å². The fraction of sp³-hybridized carbons (Fsp3) is 1.00. The second-order valence-electron chi connectivity index (χ2n) is 5.04. The number of hydrogen-bond donors (Lipinski definition) is 2. The molecule has 0 aromatic carbocycles. The van der Waals surface area contributed by atoms with Crippen molar-refractivity contribution < 1.29 is 0 Å². The van der Waals surface area contributed by atoms with Crippen LogP contribution in [0.4, 0.5) is 0 Å². The highest BCUT2D eigenvalue weighted by Gasteiger charge is 2.05. The molecule has 0 aliphatic rings. The number of nitrogens with two attached hydrogens (primary N) is 2. The van der Waals surface area contributed by atoms with Crippen LogP contribution in [0.25, 0.3) is 0 Å². The van der Waals surface area contributed by atoms with Gasteiger partial charge in [-0.1, -0.05) is 46.7 Å². The summed E-state index contributed by atoms with van der Waals surface area (Å²) in [5.74, 6) is 1.19. The minimum Gasteiger partial charge on any atom is -0.330 e. The number of alkyl halides is 2. The van der Waals surface area contributed by atoms with Crippen molar-refractivity contribution in [1.82, 2.24) is 9.80 Å². The van der Waals surface area contributed by atoms with Crippen LogP contribution in [0.3, 0.4) is 0 Å². The predicted molar refractivity (Wildman–Crippen MR) is 114 cm³/mol. The zero-order valence-corrected chi connectivity index (χ0v) is 17.5. The Kier molecular flexibility index (Phi) is 37.9. The molecule has 0 bridgehead atoms. The van der Waals surface area contributed by atoms with Crippen molar-refractivity contribution in [2.75, 3.05) is 65.0 Å². The molecule has 0 heterocycles. The molecular weight excluding hydrogens is 464 g/mol. The Hall–Kier alpha value is 1.28. The molecule has 0 spiro atoms. The number of hydrogen-bond acceptors (Lipinski definition) is 4. The summed E-state index contributed by atoms with van der Waals surface area (Å²) in [6, 6.07) is 0. The highest BCUT2D eigenvalue weighted by atomic mass is 79.9. The van der Waals surface area contributed by atoms with Gasteiger partial charge in [0.15, 0.2) is 0 Å². The Morgan fingerprint density at radius 1 is 0.762 bits per heavy atom. The van der Waals surface area contributed by atoms with E-state index in [-0.39, 0.29) is 31.8 Å². The molecule has 0 atom stereocenters. The topological polar surface area (TPSA) is 58.5 Å². The zero-order valence-electron chi connectivity index (χ0n) is 12.6. The molecule has 0 radical (unpaired) electrons. The molecule has 21 heavy (non-hydrogen) atoms. The van der Waals surface area contributed by atoms with Gasteiger partial charge in [-0.2, -0.15) is 0 Å². The Balaban J connectivity index is -0.0000000711. The van der Waals surface area contributed by atoms with Gasteiger partial charge in [-0.3, -0.25) is 0 Å². The third kappa shape index (κ3) is 26.5. The third-order valence-electron chi connectivity index (χ3n) is 2.35. The van der Waals surface area contributed by atoms with E-state index in [0.29, 0.717) is 19.0 Å². The normalized spacial score (nSPS) is 9.71. The van der Waals surface area contributed by atoms with Gasteiger partial charge in [-0.25, -0.2) is 0 Å². The molecule has 4 nitrogen and oxygen atoms in total. The summed E-state index contributed by atoms with van der Waals surface area (Å²) in [6.07, 6.45) is 0. The summed E-state index contributed by atoms with van der Waals surface area (Å²) < 4.78 is 0. The third-order valence-corrected chi connectivity index (χ3v) is 4.18. The minimum absolute atomic E-state index is 0. The van der Waals surface area contributed by atoms with Gasteiger partial charge in [0.1, 0.15) is 0 Å². The van der Waals surface area contributed by atoms with Gasteiger partial charge < -0.3 is 21.3 Å². The maximum absolute atomic E-state index is 5.42. The van der Waals surface area contributed by atoms with Crippen LogP contribution in [-0.2, 0) is 0 Å². The lowest BCUT2D eigenvalue weighted by atomic mass is 10.1. The van der Waals surface area contributed by atoms with Crippen molar-refractivity contribution in [2.24, 2.45) is 23.3 Å². The number of nitrogens with zero attached hydrogens (tertiary/aromatic N) is 2. The van der Waals surface area contributed by atoms with Crippen LogP contribution < -0.4 is 11.5 Å². The Bertz CT molecular complexity index is 146. The first kappa shape index (κ1) is 33.8. The predicted octanol–water partition coefficient (Wildman–Crippen LogP) is 2.89. The molecule has 0 aromatic rings. The van der Waals surface area contributed by atoms with Crippen LogP contribution in [0.15, 0.2) is 0 Å². The number of halogens is 3. The van der Waals surface area contributed by atoms with Gasteiger partial charge in [0, 0.05) is 23.7 Å². The fourth-order valence-electron chi connectivity index (χ4n) is 1.42. The van der Waals surface area contributed by atoms with Crippen LogP contribution in [0.5, 0.6) is 0 Å². The zero-order chi connectivity index (χ0) is 14.6. The van der Waals surface area contributed by atoms with Crippen molar-refractivity contribution in [3.8, 4) is 0 Å². The maximum atomic E-state index is 5.42. The lowest BCUT2D eigenvalue weighted by Crippen LogP contribution is -2.32. The largest absolute Gasteiger partial charge is 0.330 e. The van der Waals surface area contributed by atoms with E-state index in [0.717, 1.165) is 29.7 Å². The lowest BCUT2D eigenvalue weighted by molar-refractivity contribution is 0.333. The number of rotatable bonds is 8. The van der Waals surface area contributed by atoms with E-state index >= 15 is 0 Å².